The molecular formula is C20H18FN11O. The van der Waals surface area contributed by atoms with Gasteiger partial charge in [0.1, 0.15) is 35.1 Å². The average molecular weight is 447 g/mol. The number of pyridine rings is 1. The standard InChI is InChI=1S/C20H18FN11O/c21-12-3-4-17-23-9-15(32(17)10-12)20-25-14(19-27-29-30-28-19)8-16(26-20)24-13-2-1-7-31(11-13)18(33)5-6-22/h3-4,8-10,13H,1-2,5,7,11H2,(H,24,25,26)(H,27,28,29,30). The summed E-state index contributed by atoms with van der Waals surface area (Å²) in [4.78, 5) is 27.3. The van der Waals surface area contributed by atoms with E-state index in [4.69, 9.17) is 5.26 Å². The summed E-state index contributed by atoms with van der Waals surface area (Å²) in [7, 11) is 0. The zero-order valence-electron chi connectivity index (χ0n) is 17.3. The van der Waals surface area contributed by atoms with Gasteiger partial charge in [-0.3, -0.25) is 9.20 Å². The summed E-state index contributed by atoms with van der Waals surface area (Å²) >= 11 is 0. The van der Waals surface area contributed by atoms with E-state index in [1.165, 1.54) is 12.3 Å². The van der Waals surface area contributed by atoms with Crippen LogP contribution in [0, 0.1) is 17.1 Å². The predicted octanol–water partition coefficient (Wildman–Crippen LogP) is 1.43. The fraction of sp³-hybridized carbons (Fsp3) is 0.300. The topological polar surface area (TPSA) is 154 Å². The van der Waals surface area contributed by atoms with Crippen LogP contribution < -0.4 is 5.32 Å². The van der Waals surface area contributed by atoms with Crippen LogP contribution in [0.1, 0.15) is 19.3 Å². The van der Waals surface area contributed by atoms with Crippen molar-refractivity contribution in [1.29, 1.82) is 5.26 Å². The number of nitrogens with zero attached hydrogens (tertiary/aromatic N) is 9. The summed E-state index contributed by atoms with van der Waals surface area (Å²) in [6.45, 7) is 1.08. The van der Waals surface area contributed by atoms with Crippen LogP contribution >= 0.6 is 0 Å². The van der Waals surface area contributed by atoms with Crippen LogP contribution in [-0.2, 0) is 4.79 Å². The smallest absolute Gasteiger partial charge is 0.236 e. The fourth-order valence-electron chi connectivity index (χ4n) is 3.85. The SMILES string of the molecule is N#CCC(=O)N1CCCC(Nc2cc(-c3nn[nH]n3)nc(-c3cnc4ccc(F)cn34)n2)C1. The van der Waals surface area contributed by atoms with Crippen LogP contribution in [0.2, 0.25) is 0 Å². The maximum Gasteiger partial charge on any atom is 0.236 e. The number of aromatic amines is 1. The molecule has 0 aromatic carbocycles. The van der Waals surface area contributed by atoms with Gasteiger partial charge in [-0.25, -0.2) is 19.3 Å². The Bertz CT molecular complexity index is 1340. The van der Waals surface area contributed by atoms with Crippen LogP contribution in [0.3, 0.4) is 0 Å². The minimum atomic E-state index is -0.418. The number of amides is 1. The molecule has 33 heavy (non-hydrogen) atoms. The first-order chi connectivity index (χ1) is 16.1. The van der Waals surface area contributed by atoms with Gasteiger partial charge < -0.3 is 10.2 Å². The Hall–Kier alpha value is -4.47. The van der Waals surface area contributed by atoms with Crippen LogP contribution in [-0.4, -0.2) is 69.9 Å². The molecule has 1 aliphatic rings. The van der Waals surface area contributed by atoms with Crippen molar-refractivity contribution >= 4 is 17.4 Å². The van der Waals surface area contributed by atoms with Crippen molar-refractivity contribution in [2.24, 2.45) is 0 Å². The van der Waals surface area contributed by atoms with E-state index in [0.717, 1.165) is 12.8 Å². The molecule has 0 radical (unpaired) electrons. The molecule has 0 spiro atoms. The molecule has 4 aromatic rings. The number of piperidine rings is 1. The van der Waals surface area contributed by atoms with E-state index < -0.39 is 5.82 Å². The van der Waals surface area contributed by atoms with Gasteiger partial charge in [-0.2, -0.15) is 10.5 Å². The molecule has 4 aromatic heterocycles. The number of carbonyl (C=O) groups excluding carboxylic acids is 1. The number of fused-ring (bicyclic) bond motifs is 1. The van der Waals surface area contributed by atoms with Crippen LogP contribution in [0.5, 0.6) is 0 Å². The highest BCUT2D eigenvalue weighted by Gasteiger charge is 2.24. The van der Waals surface area contributed by atoms with Crippen LogP contribution in [0.4, 0.5) is 10.2 Å². The Morgan fingerprint density at radius 2 is 2.24 bits per heavy atom. The van der Waals surface area contributed by atoms with Crippen molar-refractivity contribution in [3.05, 3.63) is 36.4 Å². The van der Waals surface area contributed by atoms with E-state index in [-0.39, 0.29) is 24.2 Å². The molecule has 12 nitrogen and oxygen atoms in total. The highest BCUT2D eigenvalue weighted by molar-refractivity contribution is 5.78. The van der Waals surface area contributed by atoms with Crippen molar-refractivity contribution in [1.82, 2.24) is 44.9 Å². The molecule has 0 bridgehead atoms. The van der Waals surface area contributed by atoms with E-state index in [1.807, 2.05) is 6.07 Å². The van der Waals surface area contributed by atoms with E-state index in [0.29, 0.717) is 41.8 Å². The monoisotopic (exact) mass is 447 g/mol. The van der Waals surface area contributed by atoms with Crippen molar-refractivity contribution in [2.75, 3.05) is 18.4 Å². The summed E-state index contributed by atoms with van der Waals surface area (Å²) in [5.41, 5.74) is 1.46. The van der Waals surface area contributed by atoms with E-state index in [9.17, 15) is 9.18 Å². The third kappa shape index (κ3) is 4.18. The van der Waals surface area contributed by atoms with E-state index in [1.54, 1.807) is 27.6 Å². The van der Waals surface area contributed by atoms with Gasteiger partial charge in [0.15, 0.2) is 5.82 Å². The molecule has 1 atom stereocenters. The zero-order valence-corrected chi connectivity index (χ0v) is 17.3. The maximum atomic E-state index is 13.9. The number of hydrogen-bond acceptors (Lipinski definition) is 9. The molecule has 1 amide bonds. The lowest BCUT2D eigenvalue weighted by atomic mass is 10.1. The van der Waals surface area contributed by atoms with E-state index >= 15 is 0 Å². The van der Waals surface area contributed by atoms with Gasteiger partial charge in [-0.15, -0.1) is 10.2 Å². The normalized spacial score (nSPS) is 16.0. The molecule has 0 saturated carbocycles. The molecule has 5 heterocycles. The van der Waals surface area contributed by atoms with Gasteiger partial charge in [-0.05, 0) is 30.2 Å². The third-order valence-electron chi connectivity index (χ3n) is 5.36. The largest absolute Gasteiger partial charge is 0.365 e. The fourth-order valence-corrected chi connectivity index (χ4v) is 3.85. The first-order valence-corrected chi connectivity index (χ1v) is 10.3. The Balaban J connectivity index is 1.50. The van der Waals surface area contributed by atoms with Crippen LogP contribution in [0.15, 0.2) is 30.6 Å². The molecule has 13 heteroatoms. The molecule has 1 saturated heterocycles. The van der Waals surface area contributed by atoms with Crippen molar-refractivity contribution < 1.29 is 9.18 Å². The molecule has 0 aliphatic carbocycles. The van der Waals surface area contributed by atoms with Gasteiger partial charge in [0.05, 0.1) is 12.3 Å². The van der Waals surface area contributed by atoms with Crippen molar-refractivity contribution in [3.8, 4) is 29.1 Å². The van der Waals surface area contributed by atoms with Crippen LogP contribution in [0.25, 0.3) is 28.7 Å². The highest BCUT2D eigenvalue weighted by Crippen LogP contribution is 2.25. The molecule has 5 rings (SSSR count). The quantitative estimate of drug-likeness (QED) is 0.462. The number of H-pyrrole nitrogens is 1. The van der Waals surface area contributed by atoms with Gasteiger partial charge in [0.2, 0.25) is 11.7 Å². The molecule has 166 valence electrons. The first kappa shape index (κ1) is 20.4. The number of likely N-dealkylation sites (tertiary alicyclic amines) is 1. The molecule has 2 N–H and O–H groups in total. The molecular weight excluding hydrogens is 429 g/mol. The Kier molecular flexibility index (Phi) is 5.31. The lowest BCUT2D eigenvalue weighted by Gasteiger charge is -2.33. The summed E-state index contributed by atoms with van der Waals surface area (Å²) in [5.74, 6) is 0.458. The minimum absolute atomic E-state index is 0.0677. The number of tetrazole rings is 1. The Labute approximate surface area is 186 Å². The lowest BCUT2D eigenvalue weighted by molar-refractivity contribution is -0.131. The van der Waals surface area contributed by atoms with Gasteiger partial charge in [0, 0.05) is 31.4 Å². The highest BCUT2D eigenvalue weighted by atomic mass is 19.1. The van der Waals surface area contributed by atoms with Gasteiger partial charge in [0.25, 0.3) is 0 Å². The maximum absolute atomic E-state index is 13.9. The van der Waals surface area contributed by atoms with Gasteiger partial charge >= 0.3 is 0 Å². The number of anilines is 1. The minimum Gasteiger partial charge on any atom is -0.365 e. The van der Waals surface area contributed by atoms with Gasteiger partial charge in [-0.1, -0.05) is 0 Å². The Morgan fingerprint density at radius 3 is 3.06 bits per heavy atom. The lowest BCUT2D eigenvalue weighted by Crippen LogP contribution is -2.45. The summed E-state index contributed by atoms with van der Waals surface area (Å²) < 4.78 is 15.4. The summed E-state index contributed by atoms with van der Waals surface area (Å²) in [5, 5.41) is 26.2. The second-order valence-electron chi connectivity index (χ2n) is 7.57. The average Bonchev–Trinajstić information content (AvgIpc) is 3.49. The summed E-state index contributed by atoms with van der Waals surface area (Å²) in [6, 6.07) is 6.42. The number of hydrogen-bond donors (Lipinski definition) is 2. The number of imidazole rings is 1. The second kappa shape index (κ2) is 8.58. The number of rotatable bonds is 5. The summed E-state index contributed by atoms with van der Waals surface area (Å²) in [6.07, 6.45) is 4.37. The number of halogens is 1. The van der Waals surface area contributed by atoms with Crippen molar-refractivity contribution in [2.45, 2.75) is 25.3 Å². The second-order valence-corrected chi connectivity index (χ2v) is 7.57. The zero-order chi connectivity index (χ0) is 22.8. The molecule has 1 fully saturated rings. The van der Waals surface area contributed by atoms with Crippen molar-refractivity contribution in [3.63, 3.8) is 0 Å². The third-order valence-corrected chi connectivity index (χ3v) is 5.36. The predicted molar refractivity (Wildman–Crippen MR) is 113 cm³/mol. The number of carbonyl (C=O) groups is 1. The number of nitrogens with one attached hydrogen (secondary N) is 2. The molecule has 1 unspecified atom stereocenters. The molecule has 1 aliphatic heterocycles. The number of aromatic nitrogens is 8. The van der Waals surface area contributed by atoms with E-state index in [2.05, 4.69) is 40.9 Å². The number of nitriles is 1. The Morgan fingerprint density at radius 1 is 1.33 bits per heavy atom. The first-order valence-electron chi connectivity index (χ1n) is 10.3.